The van der Waals surface area contributed by atoms with Gasteiger partial charge in [-0.15, -0.1) is 0 Å². The summed E-state index contributed by atoms with van der Waals surface area (Å²) in [4.78, 5) is 0. The minimum atomic E-state index is -5.48. The van der Waals surface area contributed by atoms with E-state index in [0.29, 0.717) is 0 Å². The molecule has 0 aliphatic carbocycles. The van der Waals surface area contributed by atoms with Crippen LogP contribution in [0.4, 0.5) is 0 Å². The molecule has 4 heterocycles. The van der Waals surface area contributed by atoms with Gasteiger partial charge in [-0.1, -0.05) is 0 Å². The van der Waals surface area contributed by atoms with Crippen molar-refractivity contribution in [2.24, 2.45) is 11.5 Å². The number of rotatable bonds is 18. The lowest BCUT2D eigenvalue weighted by molar-refractivity contribution is -0.326. The molecule has 0 amide bonds. The Bertz CT molecular complexity index is 1900. The zero-order valence-electron chi connectivity index (χ0n) is 28.6. The maximum Gasteiger partial charge on any atom is 0.397 e. The fraction of sp³-hybridized carbons (Fsp3) is 1.00. The van der Waals surface area contributed by atoms with Crippen LogP contribution in [0, 0.1) is 0 Å². The topological polar surface area (TPSA) is 455 Å². The highest BCUT2D eigenvalue weighted by Crippen LogP contribution is 2.33. The molecule has 14 atom stereocenters. The second kappa shape index (κ2) is 19.3. The van der Waals surface area contributed by atoms with E-state index in [0.717, 1.165) is 0 Å². The Morgan fingerprint density at radius 2 is 1.11 bits per heavy atom. The zero-order chi connectivity index (χ0) is 42.7. The van der Waals surface area contributed by atoms with Gasteiger partial charge in [0.15, 0.2) is 31.3 Å². The highest BCUT2D eigenvalue weighted by molar-refractivity contribution is 7.81. The average Bonchev–Trinajstić information content (AvgIpc) is 3.03. The molecule has 0 aromatic rings. The first-order valence-electron chi connectivity index (χ1n) is 15.9. The number of hydrogen-bond donors (Lipinski definition) is 8. The second-order valence-electron chi connectivity index (χ2n) is 12.5. The van der Waals surface area contributed by atoms with Crippen LogP contribution in [0.3, 0.4) is 0 Å². The largest absolute Gasteiger partial charge is 0.397 e. The van der Waals surface area contributed by atoms with Crippen LogP contribution in [0.2, 0.25) is 0 Å². The van der Waals surface area contributed by atoms with E-state index in [9.17, 15) is 60.9 Å². The van der Waals surface area contributed by atoms with Crippen molar-refractivity contribution in [3.8, 4) is 0 Å². The first-order chi connectivity index (χ1) is 26.0. The van der Waals surface area contributed by atoms with Gasteiger partial charge in [0.05, 0.1) is 56.8 Å². The Labute approximate surface area is 324 Å². The number of hydrogen-bond acceptors (Lipinski definition) is 25. The lowest BCUT2D eigenvalue weighted by Crippen LogP contribution is -2.61. The van der Waals surface area contributed by atoms with E-state index in [2.05, 4.69) is 16.7 Å². The summed E-state index contributed by atoms with van der Waals surface area (Å²) in [6.07, 6.45) is -21.2. The molecule has 10 N–H and O–H groups in total. The summed E-state index contributed by atoms with van der Waals surface area (Å²) in [5.74, 6) is 0. The maximum absolute atomic E-state index is 11.8. The minimum Gasteiger partial charge on any atom is -0.366 e. The van der Waals surface area contributed by atoms with Crippen molar-refractivity contribution in [3.05, 3.63) is 0 Å². The van der Waals surface area contributed by atoms with E-state index in [1.807, 2.05) is 0 Å². The Hall–Kier alpha value is -1.05. The van der Waals surface area contributed by atoms with Crippen molar-refractivity contribution in [2.75, 3.05) is 26.4 Å². The van der Waals surface area contributed by atoms with Gasteiger partial charge in [-0.3, -0.25) is 22.8 Å². The van der Waals surface area contributed by atoms with Crippen LogP contribution in [-0.4, -0.2) is 182 Å². The zero-order valence-corrected chi connectivity index (χ0v) is 32.7. The fourth-order valence-electron chi connectivity index (χ4n) is 5.88. The Morgan fingerprint density at radius 3 is 1.70 bits per heavy atom. The second-order valence-corrected chi connectivity index (χ2v) is 17.9. The van der Waals surface area contributed by atoms with E-state index in [4.69, 9.17) is 57.9 Å². The Balaban J connectivity index is 1.50. The standard InChI is InChI=1S/C22H40N2O28S5/c23-11-2-1-9(6-43-53(26,27)28)45-20(11)46-10-3-14(50-55(32,33)34)22(42-5-10)47-13-4-12(24)21(48-15(13)8-44-54(29,30)31)49-16-7-41-19(25)18(52-57(38,39)40)17(16)51-56(35,36)37/h9-22,25H,1-8,23-24H2,(H,26,27,28)(H,29,30,31)(H,32,33,34)(H,35,36,37)(H,38,39,40)/t9?,10-,11?,12?,13-,14?,15?,16-,17?,18?,19-,20+,21+,22-/m0/s1. The molecule has 0 aromatic carbocycles. The number of aliphatic hydroxyl groups is 1. The molecule has 30 nitrogen and oxygen atoms in total. The van der Waals surface area contributed by atoms with Gasteiger partial charge in [0, 0.05) is 6.42 Å². The first kappa shape index (κ1) is 48.6. The molecular weight excluding hydrogens is 901 g/mol. The normalized spacial score (nSPS) is 37.8. The lowest BCUT2D eigenvalue weighted by atomic mass is 10.00. The van der Waals surface area contributed by atoms with Crippen molar-refractivity contribution in [3.63, 3.8) is 0 Å². The molecule has 4 rings (SSSR count). The van der Waals surface area contributed by atoms with E-state index in [1.54, 1.807) is 0 Å². The minimum absolute atomic E-state index is 0.196. The fourth-order valence-corrected chi connectivity index (χ4v) is 7.99. The summed E-state index contributed by atoms with van der Waals surface area (Å²) >= 11 is 0. The summed E-state index contributed by atoms with van der Waals surface area (Å²) in [5, 5.41) is 10.1. The van der Waals surface area contributed by atoms with E-state index in [1.165, 1.54) is 0 Å². The smallest absolute Gasteiger partial charge is 0.366 e. The molecule has 4 aliphatic rings. The number of aliphatic hydroxyl groups excluding tert-OH is 1. The molecule has 57 heavy (non-hydrogen) atoms. The molecule has 4 fully saturated rings. The predicted molar refractivity (Wildman–Crippen MR) is 172 cm³/mol. The van der Waals surface area contributed by atoms with Crippen LogP contribution < -0.4 is 11.5 Å². The summed E-state index contributed by atoms with van der Waals surface area (Å²) in [6, 6.07) is -2.22. The third kappa shape index (κ3) is 16.4. The van der Waals surface area contributed by atoms with Gasteiger partial charge < -0.3 is 49.7 Å². The molecule has 336 valence electrons. The first-order valence-corrected chi connectivity index (χ1v) is 22.8. The van der Waals surface area contributed by atoms with Crippen molar-refractivity contribution >= 4 is 52.0 Å². The van der Waals surface area contributed by atoms with Crippen LogP contribution in [0.15, 0.2) is 0 Å². The quantitative estimate of drug-likeness (QED) is 0.0595. The summed E-state index contributed by atoms with van der Waals surface area (Å²) in [5.41, 5.74) is 12.2. The number of ether oxygens (including phenoxy) is 7. The van der Waals surface area contributed by atoms with Gasteiger partial charge in [-0.2, -0.15) is 42.1 Å². The highest BCUT2D eigenvalue weighted by Gasteiger charge is 2.50. The van der Waals surface area contributed by atoms with Gasteiger partial charge in [-0.05, 0) is 19.3 Å². The summed E-state index contributed by atoms with van der Waals surface area (Å²) < 4.78 is 222. The van der Waals surface area contributed by atoms with Crippen LogP contribution in [-0.2, 0) is 106 Å². The van der Waals surface area contributed by atoms with E-state index in [-0.39, 0.29) is 12.8 Å². The molecular formula is C22H40N2O28S5. The van der Waals surface area contributed by atoms with Crippen LogP contribution in [0.25, 0.3) is 0 Å². The molecule has 7 unspecified atom stereocenters. The highest BCUT2D eigenvalue weighted by atomic mass is 32.3. The van der Waals surface area contributed by atoms with Crippen molar-refractivity contribution in [2.45, 2.75) is 112 Å². The predicted octanol–water partition coefficient (Wildman–Crippen LogP) is -5.29. The molecule has 4 saturated heterocycles. The van der Waals surface area contributed by atoms with Crippen molar-refractivity contribution < 1.29 is 124 Å². The third-order valence-corrected chi connectivity index (χ3v) is 10.5. The monoisotopic (exact) mass is 940 g/mol. The summed E-state index contributed by atoms with van der Waals surface area (Å²) in [7, 11) is -26.2. The Kier molecular flexibility index (Phi) is 16.5. The molecule has 35 heteroatoms. The van der Waals surface area contributed by atoms with E-state index >= 15 is 0 Å². The van der Waals surface area contributed by atoms with Gasteiger partial charge in [-0.25, -0.2) is 20.9 Å². The van der Waals surface area contributed by atoms with Crippen LogP contribution >= 0.6 is 0 Å². The molecule has 0 aromatic heterocycles. The lowest BCUT2D eigenvalue weighted by Gasteiger charge is -2.45. The SMILES string of the molecule is NC1CCC(COS(=O)(=O)O)O[C@@H]1O[C@@H]1CO[C@@H](O[C@H]2CC(N)[C@@H](O[C@H]3CO[C@H](O)C(OS(=O)(=O)O)C3OS(=O)(=O)O)OC2COS(=O)(=O)O)C(OS(=O)(=O)O)C1. The maximum atomic E-state index is 11.8. The molecule has 4 aliphatic heterocycles. The summed E-state index contributed by atoms with van der Waals surface area (Å²) in [6.45, 7) is -2.98. The van der Waals surface area contributed by atoms with Crippen molar-refractivity contribution in [1.82, 2.24) is 0 Å². The molecule has 0 spiro atoms. The molecule has 0 radical (unpaired) electrons. The van der Waals surface area contributed by atoms with Crippen LogP contribution in [0.5, 0.6) is 0 Å². The van der Waals surface area contributed by atoms with Gasteiger partial charge >= 0.3 is 52.0 Å². The van der Waals surface area contributed by atoms with Gasteiger partial charge in [0.25, 0.3) is 0 Å². The average molecular weight is 941 g/mol. The van der Waals surface area contributed by atoms with Crippen LogP contribution in [0.1, 0.15) is 25.7 Å². The number of nitrogens with two attached hydrogens (primary N) is 2. The Morgan fingerprint density at radius 1 is 0.544 bits per heavy atom. The van der Waals surface area contributed by atoms with E-state index < -0.39 is 177 Å². The molecule has 0 bridgehead atoms. The van der Waals surface area contributed by atoms with Gasteiger partial charge in [0.2, 0.25) is 0 Å². The van der Waals surface area contributed by atoms with Gasteiger partial charge in [0.1, 0.15) is 24.4 Å². The molecule has 0 saturated carbocycles. The third-order valence-electron chi connectivity index (χ3n) is 8.16. The van der Waals surface area contributed by atoms with Crippen molar-refractivity contribution in [1.29, 1.82) is 0 Å².